The molecule has 0 aromatic rings. The summed E-state index contributed by atoms with van der Waals surface area (Å²) in [7, 11) is 0. The van der Waals surface area contributed by atoms with Crippen LogP contribution in [0.5, 0.6) is 0 Å². The fraction of sp³-hybridized carbons (Fsp3) is 0.857. The Bertz CT molecular complexity index is 134. The van der Waals surface area contributed by atoms with Crippen molar-refractivity contribution >= 4 is 5.91 Å². The molecule has 10 heavy (non-hydrogen) atoms. The summed E-state index contributed by atoms with van der Waals surface area (Å²) in [5, 5.41) is 9.50. The summed E-state index contributed by atoms with van der Waals surface area (Å²) < 4.78 is 0. The summed E-state index contributed by atoms with van der Waals surface area (Å²) in [5.41, 5.74) is 3.67. The third-order valence-electron chi connectivity index (χ3n) is 1.92. The molecule has 0 aliphatic rings. The summed E-state index contributed by atoms with van der Waals surface area (Å²) in [6.07, 6.45) is 0.375. The van der Waals surface area contributed by atoms with Crippen molar-refractivity contribution in [3.63, 3.8) is 0 Å². The van der Waals surface area contributed by atoms with Gasteiger partial charge in [-0.15, -0.1) is 0 Å². The van der Waals surface area contributed by atoms with Gasteiger partial charge in [0.2, 0.25) is 5.91 Å². The molecule has 0 fully saturated rings. The zero-order chi connectivity index (χ0) is 8.36. The lowest BCUT2D eigenvalue weighted by atomic mass is 9.87. The monoisotopic (exact) mass is 145 g/mol. The quantitative estimate of drug-likeness (QED) is 0.598. The molecule has 1 unspecified atom stereocenters. The van der Waals surface area contributed by atoms with Gasteiger partial charge >= 0.3 is 0 Å². The first-order valence-corrected chi connectivity index (χ1v) is 3.47. The highest BCUT2D eigenvalue weighted by atomic mass is 16.3. The average Bonchev–Trinajstić information content (AvgIpc) is 1.85. The largest absolute Gasteiger partial charge is 0.380 e. The number of nitrogens with two attached hydrogens (primary N) is 1. The lowest BCUT2D eigenvalue weighted by Gasteiger charge is -2.26. The van der Waals surface area contributed by atoms with Crippen LogP contribution in [0.25, 0.3) is 0 Å². The van der Waals surface area contributed by atoms with Crippen molar-refractivity contribution in [2.24, 2.45) is 11.7 Å². The van der Waals surface area contributed by atoms with Gasteiger partial charge in [0.1, 0.15) is 5.60 Å². The van der Waals surface area contributed by atoms with Crippen LogP contribution < -0.4 is 5.73 Å². The topological polar surface area (TPSA) is 63.3 Å². The van der Waals surface area contributed by atoms with E-state index in [1.54, 1.807) is 20.8 Å². The van der Waals surface area contributed by atoms with E-state index in [-0.39, 0.29) is 5.92 Å². The van der Waals surface area contributed by atoms with Crippen molar-refractivity contribution in [3.05, 3.63) is 0 Å². The SMILES string of the molecule is CCC(O)(C(N)=O)C(C)C. The van der Waals surface area contributed by atoms with Gasteiger partial charge in [0.05, 0.1) is 0 Å². The van der Waals surface area contributed by atoms with Crippen LogP contribution in [0, 0.1) is 5.92 Å². The second-order valence-electron chi connectivity index (χ2n) is 2.80. The maximum Gasteiger partial charge on any atom is 0.249 e. The van der Waals surface area contributed by atoms with Gasteiger partial charge < -0.3 is 10.8 Å². The minimum atomic E-state index is -1.32. The standard InChI is InChI=1S/C7H15NO2/c1-4-7(10,5(2)3)6(8)9/h5,10H,4H2,1-3H3,(H2,8,9). The first-order valence-electron chi connectivity index (χ1n) is 3.47. The summed E-state index contributed by atoms with van der Waals surface area (Å²) in [4.78, 5) is 10.7. The van der Waals surface area contributed by atoms with E-state index in [1.807, 2.05) is 0 Å². The van der Waals surface area contributed by atoms with Gasteiger partial charge in [-0.2, -0.15) is 0 Å². The highest BCUT2D eigenvalue weighted by Gasteiger charge is 2.34. The number of primary amides is 1. The lowest BCUT2D eigenvalue weighted by molar-refractivity contribution is -0.141. The van der Waals surface area contributed by atoms with E-state index < -0.39 is 11.5 Å². The fourth-order valence-electron chi connectivity index (χ4n) is 0.867. The zero-order valence-corrected chi connectivity index (χ0v) is 6.72. The molecule has 3 heteroatoms. The van der Waals surface area contributed by atoms with Crippen LogP contribution in [-0.4, -0.2) is 16.6 Å². The molecule has 0 radical (unpaired) electrons. The Kier molecular flexibility index (Phi) is 2.84. The van der Waals surface area contributed by atoms with Gasteiger partial charge in [-0.25, -0.2) is 0 Å². The fourth-order valence-corrected chi connectivity index (χ4v) is 0.867. The van der Waals surface area contributed by atoms with E-state index in [0.717, 1.165) is 0 Å². The molecule has 0 aromatic heterocycles. The summed E-state index contributed by atoms with van der Waals surface area (Å²) >= 11 is 0. The number of carbonyl (C=O) groups is 1. The second kappa shape index (κ2) is 3.01. The Labute approximate surface area is 61.2 Å². The van der Waals surface area contributed by atoms with E-state index >= 15 is 0 Å². The molecule has 0 heterocycles. The Hall–Kier alpha value is -0.570. The molecule has 3 nitrogen and oxygen atoms in total. The van der Waals surface area contributed by atoms with Crippen LogP contribution in [0.2, 0.25) is 0 Å². The van der Waals surface area contributed by atoms with Crippen LogP contribution in [0.15, 0.2) is 0 Å². The first-order chi connectivity index (χ1) is 4.45. The van der Waals surface area contributed by atoms with Gasteiger partial charge in [-0.1, -0.05) is 20.8 Å². The van der Waals surface area contributed by atoms with Gasteiger partial charge in [0.25, 0.3) is 0 Å². The number of rotatable bonds is 3. The summed E-state index contributed by atoms with van der Waals surface area (Å²) in [6, 6.07) is 0. The van der Waals surface area contributed by atoms with Crippen LogP contribution >= 0.6 is 0 Å². The molecule has 0 rings (SSSR count). The Morgan fingerprint density at radius 1 is 1.70 bits per heavy atom. The molecule has 1 amide bonds. The first kappa shape index (κ1) is 9.43. The highest BCUT2D eigenvalue weighted by Crippen LogP contribution is 2.19. The Balaban J connectivity index is 4.38. The van der Waals surface area contributed by atoms with E-state index in [2.05, 4.69) is 0 Å². The van der Waals surface area contributed by atoms with Gasteiger partial charge in [0, 0.05) is 0 Å². The Morgan fingerprint density at radius 3 is 2.10 bits per heavy atom. The van der Waals surface area contributed by atoms with Crippen LogP contribution in [0.4, 0.5) is 0 Å². The van der Waals surface area contributed by atoms with Crippen molar-refractivity contribution in [3.8, 4) is 0 Å². The summed E-state index contributed by atoms with van der Waals surface area (Å²) in [6.45, 7) is 5.28. The van der Waals surface area contributed by atoms with E-state index in [9.17, 15) is 9.90 Å². The maximum atomic E-state index is 10.7. The van der Waals surface area contributed by atoms with Crippen LogP contribution in [-0.2, 0) is 4.79 Å². The zero-order valence-electron chi connectivity index (χ0n) is 6.72. The van der Waals surface area contributed by atoms with Crippen molar-refractivity contribution in [1.29, 1.82) is 0 Å². The smallest absolute Gasteiger partial charge is 0.249 e. The molecule has 0 aromatic carbocycles. The number of hydrogen-bond donors (Lipinski definition) is 2. The van der Waals surface area contributed by atoms with Gasteiger partial charge in [0.15, 0.2) is 0 Å². The molecule has 60 valence electrons. The number of aliphatic hydroxyl groups is 1. The molecule has 1 atom stereocenters. The number of amides is 1. The molecule has 0 saturated carbocycles. The van der Waals surface area contributed by atoms with Crippen molar-refractivity contribution in [1.82, 2.24) is 0 Å². The number of carbonyl (C=O) groups excluding carboxylic acids is 1. The summed E-state index contributed by atoms with van der Waals surface area (Å²) in [5.74, 6) is -0.750. The molecule has 0 bridgehead atoms. The van der Waals surface area contributed by atoms with Crippen molar-refractivity contribution in [2.45, 2.75) is 32.8 Å². The Morgan fingerprint density at radius 2 is 2.10 bits per heavy atom. The normalized spacial score (nSPS) is 16.9. The third-order valence-corrected chi connectivity index (χ3v) is 1.92. The lowest BCUT2D eigenvalue weighted by Crippen LogP contribution is -2.47. The predicted molar refractivity (Wildman–Crippen MR) is 39.3 cm³/mol. The van der Waals surface area contributed by atoms with Crippen molar-refractivity contribution < 1.29 is 9.90 Å². The molecule has 3 N–H and O–H groups in total. The minimum Gasteiger partial charge on any atom is -0.380 e. The highest BCUT2D eigenvalue weighted by molar-refractivity contribution is 5.83. The van der Waals surface area contributed by atoms with Crippen LogP contribution in [0.3, 0.4) is 0 Å². The molecule has 0 saturated heterocycles. The van der Waals surface area contributed by atoms with Gasteiger partial charge in [-0.3, -0.25) is 4.79 Å². The van der Waals surface area contributed by atoms with Crippen molar-refractivity contribution in [2.75, 3.05) is 0 Å². The average molecular weight is 145 g/mol. The van der Waals surface area contributed by atoms with E-state index in [0.29, 0.717) is 6.42 Å². The molecule has 0 aliphatic carbocycles. The molecule has 0 aliphatic heterocycles. The predicted octanol–water partition coefficient (Wildman–Crippen LogP) is 0.269. The van der Waals surface area contributed by atoms with Crippen LogP contribution in [0.1, 0.15) is 27.2 Å². The third kappa shape index (κ3) is 1.48. The molecule has 0 spiro atoms. The van der Waals surface area contributed by atoms with E-state index in [4.69, 9.17) is 5.73 Å². The van der Waals surface area contributed by atoms with E-state index in [1.165, 1.54) is 0 Å². The molecular formula is C7H15NO2. The second-order valence-corrected chi connectivity index (χ2v) is 2.80. The molecular weight excluding hydrogens is 130 g/mol. The van der Waals surface area contributed by atoms with Gasteiger partial charge in [-0.05, 0) is 12.3 Å². The minimum absolute atomic E-state index is 0.116. The maximum absolute atomic E-state index is 10.7. The number of hydrogen-bond acceptors (Lipinski definition) is 2.